The van der Waals surface area contributed by atoms with Crippen molar-refractivity contribution in [2.75, 3.05) is 6.61 Å². The predicted molar refractivity (Wildman–Crippen MR) is 71.9 cm³/mol. The molecule has 18 heavy (non-hydrogen) atoms. The van der Waals surface area contributed by atoms with Gasteiger partial charge in [-0.3, -0.25) is 9.48 Å². The zero-order valence-corrected chi connectivity index (χ0v) is 11.6. The van der Waals surface area contributed by atoms with Crippen molar-refractivity contribution < 1.29 is 9.53 Å². The summed E-state index contributed by atoms with van der Waals surface area (Å²) >= 11 is 3.34. The van der Waals surface area contributed by atoms with Gasteiger partial charge in [0.1, 0.15) is 12.4 Å². The Kier molecular flexibility index (Phi) is 4.15. The summed E-state index contributed by atoms with van der Waals surface area (Å²) in [4.78, 5) is 11.5. The van der Waals surface area contributed by atoms with Gasteiger partial charge in [-0.2, -0.15) is 5.10 Å². The van der Waals surface area contributed by atoms with Crippen molar-refractivity contribution in [3.05, 3.63) is 46.7 Å². The Hall–Kier alpha value is -1.62. The minimum absolute atomic E-state index is 0.00890. The summed E-state index contributed by atoms with van der Waals surface area (Å²) in [6.45, 7) is 2.66. The first-order valence-electron chi connectivity index (χ1n) is 5.57. The number of carbonyl (C=O) groups is 1. The molecular formula is C13H13BrN2O2. The molecule has 1 aromatic carbocycles. The molecule has 0 unspecified atom stereocenters. The van der Waals surface area contributed by atoms with Crippen LogP contribution in [0.3, 0.4) is 0 Å². The molecule has 1 heterocycles. The van der Waals surface area contributed by atoms with Crippen molar-refractivity contribution >= 4 is 21.7 Å². The van der Waals surface area contributed by atoms with Gasteiger partial charge in [0.15, 0.2) is 5.78 Å². The highest BCUT2D eigenvalue weighted by molar-refractivity contribution is 9.10. The van der Waals surface area contributed by atoms with Gasteiger partial charge in [0.25, 0.3) is 0 Å². The number of aromatic nitrogens is 2. The zero-order chi connectivity index (χ0) is 13.0. The van der Waals surface area contributed by atoms with Gasteiger partial charge < -0.3 is 4.74 Å². The molecule has 4 nitrogen and oxygen atoms in total. The Balaban J connectivity index is 2.02. The molecule has 0 bridgehead atoms. The van der Waals surface area contributed by atoms with E-state index in [1.807, 2.05) is 18.3 Å². The van der Waals surface area contributed by atoms with E-state index in [0.29, 0.717) is 24.5 Å². The first-order valence-corrected chi connectivity index (χ1v) is 6.37. The van der Waals surface area contributed by atoms with Crippen molar-refractivity contribution in [3.63, 3.8) is 0 Å². The van der Waals surface area contributed by atoms with E-state index in [9.17, 15) is 4.79 Å². The second kappa shape index (κ2) is 5.82. The summed E-state index contributed by atoms with van der Waals surface area (Å²) in [6.07, 6.45) is 3.59. The molecule has 0 radical (unpaired) electrons. The highest BCUT2D eigenvalue weighted by atomic mass is 79.9. The van der Waals surface area contributed by atoms with Gasteiger partial charge >= 0.3 is 0 Å². The Morgan fingerprint density at radius 2 is 2.33 bits per heavy atom. The van der Waals surface area contributed by atoms with Crippen molar-refractivity contribution in [2.45, 2.75) is 13.5 Å². The van der Waals surface area contributed by atoms with Crippen LogP contribution in [0, 0.1) is 0 Å². The smallest absolute Gasteiger partial charge is 0.163 e. The van der Waals surface area contributed by atoms with Crippen LogP contribution in [-0.2, 0) is 6.54 Å². The number of nitrogens with zero attached hydrogens (tertiary/aromatic N) is 2. The number of ether oxygens (including phenoxy) is 1. The SMILES string of the molecule is CC(=O)c1cc(Br)ccc1OCCn1cccn1. The van der Waals surface area contributed by atoms with Crippen LogP contribution in [0.25, 0.3) is 0 Å². The van der Waals surface area contributed by atoms with E-state index in [-0.39, 0.29) is 5.78 Å². The van der Waals surface area contributed by atoms with Crippen LogP contribution in [0.4, 0.5) is 0 Å². The molecule has 0 saturated carbocycles. The quantitative estimate of drug-likeness (QED) is 0.798. The minimum Gasteiger partial charge on any atom is -0.491 e. The normalized spacial score (nSPS) is 10.3. The summed E-state index contributed by atoms with van der Waals surface area (Å²) in [5.74, 6) is 0.600. The molecule has 0 aliphatic heterocycles. The summed E-state index contributed by atoms with van der Waals surface area (Å²) in [7, 11) is 0. The second-order valence-electron chi connectivity index (χ2n) is 3.81. The van der Waals surface area contributed by atoms with Crippen LogP contribution in [0.5, 0.6) is 5.75 Å². The summed E-state index contributed by atoms with van der Waals surface area (Å²) in [6, 6.07) is 7.28. The largest absolute Gasteiger partial charge is 0.491 e. The van der Waals surface area contributed by atoms with Crippen molar-refractivity contribution in [3.8, 4) is 5.75 Å². The molecule has 0 fully saturated rings. The molecule has 2 rings (SSSR count). The average Bonchev–Trinajstić information content (AvgIpc) is 2.84. The van der Waals surface area contributed by atoms with Crippen LogP contribution in [0.1, 0.15) is 17.3 Å². The standard InChI is InChI=1S/C13H13BrN2O2/c1-10(17)12-9-11(14)3-4-13(12)18-8-7-16-6-2-5-15-16/h2-6,9H,7-8H2,1H3. The van der Waals surface area contributed by atoms with E-state index in [1.165, 1.54) is 6.92 Å². The number of benzene rings is 1. The number of hydrogen-bond donors (Lipinski definition) is 0. The van der Waals surface area contributed by atoms with E-state index in [1.54, 1.807) is 23.0 Å². The number of rotatable bonds is 5. The minimum atomic E-state index is -0.00890. The maximum absolute atomic E-state index is 11.5. The second-order valence-corrected chi connectivity index (χ2v) is 4.73. The molecule has 0 atom stereocenters. The van der Waals surface area contributed by atoms with Gasteiger partial charge in [-0.05, 0) is 31.2 Å². The first-order chi connectivity index (χ1) is 8.66. The number of ketones is 1. The summed E-state index contributed by atoms with van der Waals surface area (Å²) in [5.41, 5.74) is 0.588. The fourth-order valence-corrected chi connectivity index (χ4v) is 1.95. The van der Waals surface area contributed by atoms with Crippen LogP contribution in [0.2, 0.25) is 0 Å². The lowest BCUT2D eigenvalue weighted by Crippen LogP contribution is -2.10. The molecule has 1 aromatic heterocycles. The Labute approximate surface area is 114 Å². The van der Waals surface area contributed by atoms with Crippen LogP contribution in [-0.4, -0.2) is 22.2 Å². The third kappa shape index (κ3) is 3.20. The lowest BCUT2D eigenvalue weighted by Gasteiger charge is -2.10. The lowest BCUT2D eigenvalue weighted by atomic mass is 10.1. The number of halogens is 1. The zero-order valence-electron chi connectivity index (χ0n) is 9.97. The van der Waals surface area contributed by atoms with E-state index in [0.717, 1.165) is 4.47 Å². The molecule has 0 aliphatic rings. The highest BCUT2D eigenvalue weighted by Gasteiger charge is 2.09. The number of hydrogen-bond acceptors (Lipinski definition) is 3. The molecule has 0 N–H and O–H groups in total. The van der Waals surface area contributed by atoms with Crippen LogP contribution in [0.15, 0.2) is 41.1 Å². The molecule has 0 saturated heterocycles. The fourth-order valence-electron chi connectivity index (χ4n) is 1.59. The summed E-state index contributed by atoms with van der Waals surface area (Å²) in [5, 5.41) is 4.08. The molecule has 0 aliphatic carbocycles. The Bertz CT molecular complexity index is 538. The predicted octanol–water partition coefficient (Wildman–Crippen LogP) is 2.93. The average molecular weight is 309 g/mol. The maximum atomic E-state index is 11.5. The molecule has 5 heteroatoms. The topological polar surface area (TPSA) is 44.1 Å². The van der Waals surface area contributed by atoms with Crippen molar-refractivity contribution in [1.82, 2.24) is 9.78 Å². The molecule has 2 aromatic rings. The first kappa shape index (κ1) is 12.8. The molecule has 0 spiro atoms. The van der Waals surface area contributed by atoms with E-state index in [2.05, 4.69) is 21.0 Å². The summed E-state index contributed by atoms with van der Waals surface area (Å²) < 4.78 is 8.28. The van der Waals surface area contributed by atoms with Gasteiger partial charge in [-0.25, -0.2) is 0 Å². The molecule has 94 valence electrons. The van der Waals surface area contributed by atoms with Gasteiger partial charge in [0.05, 0.1) is 12.1 Å². The van der Waals surface area contributed by atoms with Crippen LogP contribution >= 0.6 is 15.9 Å². The number of carbonyl (C=O) groups excluding carboxylic acids is 1. The Morgan fingerprint density at radius 3 is 3.00 bits per heavy atom. The van der Waals surface area contributed by atoms with E-state index >= 15 is 0 Å². The van der Waals surface area contributed by atoms with E-state index in [4.69, 9.17) is 4.74 Å². The van der Waals surface area contributed by atoms with Crippen molar-refractivity contribution in [1.29, 1.82) is 0 Å². The van der Waals surface area contributed by atoms with Crippen molar-refractivity contribution in [2.24, 2.45) is 0 Å². The lowest BCUT2D eigenvalue weighted by molar-refractivity contribution is 0.101. The Morgan fingerprint density at radius 1 is 1.50 bits per heavy atom. The third-order valence-corrected chi connectivity index (χ3v) is 2.95. The number of Topliss-reactive ketones (excluding diaryl/α,β-unsaturated/α-hetero) is 1. The van der Waals surface area contributed by atoms with Gasteiger partial charge in [-0.1, -0.05) is 15.9 Å². The monoisotopic (exact) mass is 308 g/mol. The highest BCUT2D eigenvalue weighted by Crippen LogP contribution is 2.23. The van der Waals surface area contributed by atoms with Gasteiger partial charge in [0, 0.05) is 16.9 Å². The molecular weight excluding hydrogens is 296 g/mol. The molecule has 0 amide bonds. The van der Waals surface area contributed by atoms with Crippen LogP contribution < -0.4 is 4.74 Å². The maximum Gasteiger partial charge on any atom is 0.163 e. The van der Waals surface area contributed by atoms with Gasteiger partial charge in [0.2, 0.25) is 0 Å². The van der Waals surface area contributed by atoms with E-state index < -0.39 is 0 Å². The van der Waals surface area contributed by atoms with Gasteiger partial charge in [-0.15, -0.1) is 0 Å². The fraction of sp³-hybridized carbons (Fsp3) is 0.231. The third-order valence-electron chi connectivity index (χ3n) is 2.46.